The molecule has 0 aliphatic heterocycles. The highest BCUT2D eigenvalue weighted by atomic mass is 19.4. The first kappa shape index (κ1) is 22.0. The molecule has 4 rings (SSSR count). The van der Waals surface area contributed by atoms with Crippen LogP contribution < -0.4 is 10.2 Å². The van der Waals surface area contributed by atoms with E-state index in [-0.39, 0.29) is 23.5 Å². The molecule has 170 valence electrons. The van der Waals surface area contributed by atoms with Crippen LogP contribution in [0.4, 0.5) is 19.2 Å². The number of carbonyl (C=O) groups excluding carboxylic acids is 1. The number of aromatic nitrogens is 4. The van der Waals surface area contributed by atoms with Gasteiger partial charge in [-0.25, -0.2) is 0 Å². The topological polar surface area (TPSA) is 110 Å². The smallest absolute Gasteiger partial charge is 0.350 e. The summed E-state index contributed by atoms with van der Waals surface area (Å²) in [4.78, 5) is 21.8. The van der Waals surface area contributed by atoms with E-state index >= 15 is 0 Å². The van der Waals surface area contributed by atoms with Crippen LogP contribution in [0.2, 0.25) is 0 Å². The van der Waals surface area contributed by atoms with Crippen LogP contribution in [0.15, 0.2) is 63.6 Å². The summed E-state index contributed by atoms with van der Waals surface area (Å²) >= 11 is 0. The predicted octanol–water partition coefficient (Wildman–Crippen LogP) is 3.67. The summed E-state index contributed by atoms with van der Waals surface area (Å²) in [6, 6.07) is 15.5. The molecule has 1 amide bonds. The number of likely N-dealkylation sites (N-methyl/N-ethyl adjacent to an activating group) is 1. The Morgan fingerprint density at radius 1 is 0.970 bits per heavy atom. The molecule has 0 fully saturated rings. The van der Waals surface area contributed by atoms with Crippen molar-refractivity contribution in [1.29, 1.82) is 0 Å². The maximum atomic E-state index is 12.7. The van der Waals surface area contributed by atoms with Gasteiger partial charge in [0.25, 0.3) is 5.91 Å². The molecule has 0 aliphatic carbocycles. The lowest BCUT2D eigenvalue weighted by molar-refractivity contribution is -0.159. The summed E-state index contributed by atoms with van der Waals surface area (Å²) in [5.41, 5.74) is 1.27. The van der Waals surface area contributed by atoms with Gasteiger partial charge < -0.3 is 19.3 Å². The SMILES string of the molecule is CN(CCNC(=O)c1cccc(-c2noc(C(F)(F)F)n2)c1)c1nc(-c2ccccc2)no1. The molecule has 4 aromatic rings. The number of benzene rings is 2. The lowest BCUT2D eigenvalue weighted by Crippen LogP contribution is -2.33. The van der Waals surface area contributed by atoms with Gasteiger partial charge in [0.15, 0.2) is 0 Å². The maximum Gasteiger partial charge on any atom is 0.471 e. The van der Waals surface area contributed by atoms with Crippen molar-refractivity contribution in [2.24, 2.45) is 0 Å². The molecule has 1 N–H and O–H groups in total. The molecule has 0 radical (unpaired) electrons. The Bertz CT molecular complexity index is 1240. The highest BCUT2D eigenvalue weighted by Crippen LogP contribution is 2.29. The van der Waals surface area contributed by atoms with Crippen molar-refractivity contribution in [3.63, 3.8) is 0 Å². The number of hydrogen-bond donors (Lipinski definition) is 1. The van der Waals surface area contributed by atoms with E-state index in [0.717, 1.165) is 5.56 Å². The van der Waals surface area contributed by atoms with Gasteiger partial charge in [-0.3, -0.25) is 4.79 Å². The molecule has 0 atom stereocenters. The first-order valence-corrected chi connectivity index (χ1v) is 9.71. The van der Waals surface area contributed by atoms with Gasteiger partial charge in [0.1, 0.15) is 0 Å². The zero-order valence-corrected chi connectivity index (χ0v) is 17.2. The summed E-state index contributed by atoms with van der Waals surface area (Å²) in [6.45, 7) is 0.630. The van der Waals surface area contributed by atoms with Gasteiger partial charge in [0.2, 0.25) is 11.6 Å². The van der Waals surface area contributed by atoms with Crippen molar-refractivity contribution >= 4 is 11.9 Å². The molecular formula is C21H17F3N6O3. The van der Waals surface area contributed by atoms with E-state index in [2.05, 4.69) is 30.1 Å². The number of nitrogens with one attached hydrogen (secondary N) is 1. The molecule has 9 nitrogen and oxygen atoms in total. The van der Waals surface area contributed by atoms with Gasteiger partial charge in [-0.15, -0.1) is 0 Å². The third-order valence-corrected chi connectivity index (χ3v) is 4.56. The average Bonchev–Trinajstić information content (AvgIpc) is 3.50. The van der Waals surface area contributed by atoms with Crippen LogP contribution >= 0.6 is 0 Å². The zero-order chi connectivity index (χ0) is 23.4. The second kappa shape index (κ2) is 9.10. The Labute approximate surface area is 185 Å². The fourth-order valence-electron chi connectivity index (χ4n) is 2.87. The normalized spacial score (nSPS) is 11.4. The number of anilines is 1. The summed E-state index contributed by atoms with van der Waals surface area (Å²) in [5, 5.41) is 10.0. The van der Waals surface area contributed by atoms with Crippen molar-refractivity contribution in [2.75, 3.05) is 25.0 Å². The third-order valence-electron chi connectivity index (χ3n) is 4.56. The molecule has 0 saturated heterocycles. The fraction of sp³-hybridized carbons (Fsp3) is 0.190. The largest absolute Gasteiger partial charge is 0.471 e. The minimum atomic E-state index is -4.74. The molecule has 0 bridgehead atoms. The molecule has 2 aromatic heterocycles. The maximum absolute atomic E-state index is 12.7. The molecule has 0 unspecified atom stereocenters. The van der Waals surface area contributed by atoms with E-state index in [9.17, 15) is 18.0 Å². The van der Waals surface area contributed by atoms with E-state index in [4.69, 9.17) is 4.52 Å². The van der Waals surface area contributed by atoms with E-state index in [1.165, 1.54) is 24.3 Å². The summed E-state index contributed by atoms with van der Waals surface area (Å²) in [5.74, 6) is -1.68. The molecule has 0 aliphatic rings. The number of rotatable bonds is 7. The molecule has 33 heavy (non-hydrogen) atoms. The van der Waals surface area contributed by atoms with Crippen molar-refractivity contribution in [3.05, 3.63) is 66.1 Å². The second-order valence-corrected chi connectivity index (χ2v) is 6.95. The number of alkyl halides is 3. The van der Waals surface area contributed by atoms with Crippen LogP contribution in [0.25, 0.3) is 22.8 Å². The van der Waals surface area contributed by atoms with Crippen LogP contribution in [-0.2, 0) is 6.18 Å². The quantitative estimate of drug-likeness (QED) is 0.447. The van der Waals surface area contributed by atoms with Crippen molar-refractivity contribution in [3.8, 4) is 22.8 Å². The Hall–Kier alpha value is -4.22. The van der Waals surface area contributed by atoms with Crippen LogP contribution in [0, 0.1) is 0 Å². The van der Waals surface area contributed by atoms with E-state index < -0.39 is 18.0 Å². The lowest BCUT2D eigenvalue weighted by atomic mass is 10.1. The number of nitrogens with zero attached hydrogens (tertiary/aromatic N) is 5. The molecule has 12 heteroatoms. The molecule has 0 spiro atoms. The van der Waals surface area contributed by atoms with E-state index in [1.807, 2.05) is 30.3 Å². The number of carbonyl (C=O) groups is 1. The minimum absolute atomic E-state index is 0.221. The van der Waals surface area contributed by atoms with Crippen LogP contribution in [0.1, 0.15) is 16.2 Å². The van der Waals surface area contributed by atoms with Gasteiger partial charge in [-0.1, -0.05) is 52.8 Å². The number of hydrogen-bond acceptors (Lipinski definition) is 8. The molecule has 0 saturated carbocycles. The minimum Gasteiger partial charge on any atom is -0.350 e. The van der Waals surface area contributed by atoms with Gasteiger partial charge in [0, 0.05) is 36.8 Å². The summed E-state index contributed by atoms with van der Waals surface area (Å²) < 4.78 is 47.5. The Morgan fingerprint density at radius 2 is 1.67 bits per heavy atom. The fourth-order valence-corrected chi connectivity index (χ4v) is 2.87. The lowest BCUT2D eigenvalue weighted by Gasteiger charge is -2.14. The first-order valence-electron chi connectivity index (χ1n) is 9.71. The van der Waals surface area contributed by atoms with Gasteiger partial charge >= 0.3 is 18.1 Å². The van der Waals surface area contributed by atoms with Gasteiger partial charge in [0.05, 0.1) is 0 Å². The third kappa shape index (κ3) is 5.17. The Balaban J connectivity index is 1.34. The van der Waals surface area contributed by atoms with Gasteiger partial charge in [-0.2, -0.15) is 23.1 Å². The predicted molar refractivity (Wildman–Crippen MR) is 110 cm³/mol. The second-order valence-electron chi connectivity index (χ2n) is 6.95. The Kier molecular flexibility index (Phi) is 6.07. The summed E-state index contributed by atoms with van der Waals surface area (Å²) in [7, 11) is 1.74. The molecule has 2 heterocycles. The van der Waals surface area contributed by atoms with Crippen molar-refractivity contribution < 1.29 is 27.0 Å². The highest BCUT2D eigenvalue weighted by Gasteiger charge is 2.38. The van der Waals surface area contributed by atoms with Crippen LogP contribution in [0.5, 0.6) is 0 Å². The molecular weight excluding hydrogens is 441 g/mol. The Morgan fingerprint density at radius 3 is 2.39 bits per heavy atom. The highest BCUT2D eigenvalue weighted by molar-refractivity contribution is 5.95. The van der Waals surface area contributed by atoms with Crippen LogP contribution in [0.3, 0.4) is 0 Å². The average molecular weight is 458 g/mol. The number of amides is 1. The van der Waals surface area contributed by atoms with Crippen molar-refractivity contribution in [2.45, 2.75) is 6.18 Å². The van der Waals surface area contributed by atoms with Gasteiger partial charge in [-0.05, 0) is 12.1 Å². The van der Waals surface area contributed by atoms with E-state index in [1.54, 1.807) is 11.9 Å². The van der Waals surface area contributed by atoms with Crippen molar-refractivity contribution in [1.82, 2.24) is 25.6 Å². The zero-order valence-electron chi connectivity index (χ0n) is 17.2. The molecule has 2 aromatic carbocycles. The monoisotopic (exact) mass is 458 g/mol. The van der Waals surface area contributed by atoms with E-state index in [0.29, 0.717) is 18.4 Å². The standard InChI is InChI=1S/C21H17F3N6O3/c1-30(20-27-16(29-33-20)13-6-3-2-4-7-13)11-10-25-18(31)15-9-5-8-14(12-15)17-26-19(32-28-17)21(22,23)24/h2-9,12H,10-11H2,1H3,(H,25,31). The summed E-state index contributed by atoms with van der Waals surface area (Å²) in [6.07, 6.45) is -4.74. The number of halogens is 3. The first-order chi connectivity index (χ1) is 15.8. The van der Waals surface area contributed by atoms with Crippen LogP contribution in [-0.4, -0.2) is 46.3 Å².